The van der Waals surface area contributed by atoms with Crippen LogP contribution >= 0.6 is 0 Å². The number of carboxylic acids is 1. The highest BCUT2D eigenvalue weighted by Gasteiger charge is 2.38. The highest BCUT2D eigenvalue weighted by atomic mass is 19.4. The summed E-state index contributed by atoms with van der Waals surface area (Å²) in [4.78, 5) is 8.90. The normalized spacial score (nSPS) is 12.3. The van der Waals surface area contributed by atoms with Crippen LogP contribution in [0.3, 0.4) is 0 Å². The van der Waals surface area contributed by atoms with Crippen LogP contribution < -0.4 is 10.1 Å². The van der Waals surface area contributed by atoms with Crippen LogP contribution in [-0.2, 0) is 24.4 Å². The van der Waals surface area contributed by atoms with Gasteiger partial charge in [0.2, 0.25) is 5.88 Å². The molecular weight excluding hydrogens is 435 g/mol. The molecule has 6 nitrogen and oxygen atoms in total. The van der Waals surface area contributed by atoms with Gasteiger partial charge < -0.3 is 15.2 Å². The van der Waals surface area contributed by atoms with Crippen LogP contribution in [0.5, 0.6) is 5.88 Å². The van der Waals surface area contributed by atoms with Crippen molar-refractivity contribution in [2.45, 2.75) is 25.7 Å². The lowest BCUT2D eigenvalue weighted by atomic mass is 9.98. The Morgan fingerprint density at radius 1 is 1.03 bits per heavy atom. The first kappa shape index (κ1) is 23.8. The van der Waals surface area contributed by atoms with E-state index in [-0.39, 0.29) is 0 Å². The molecule has 33 heavy (non-hydrogen) atoms. The van der Waals surface area contributed by atoms with Gasteiger partial charge in [-0.1, -0.05) is 42.3 Å². The second kappa shape index (κ2) is 11.1. The number of benzene rings is 2. The Bertz CT molecular complexity index is 1140. The molecule has 4 rings (SSSR count). The van der Waals surface area contributed by atoms with Crippen molar-refractivity contribution in [2.75, 3.05) is 6.54 Å². The van der Waals surface area contributed by atoms with Crippen molar-refractivity contribution in [1.29, 1.82) is 0 Å². The summed E-state index contributed by atoms with van der Waals surface area (Å²) in [5, 5.41) is 18.7. The molecule has 2 heterocycles. The standard InChI is InChI=1S/C22H19N3O.C2HF3O2/c1-2-4-18(5-3-1)16-26-22-11-10-21(24-25-22)9-7-17-6-8-20-15-23-13-12-19(20)14-17;3-2(4,5)1(6)7/h1-6,8,10-11,14,23H,12-13,15-16H2;(H,6,7). The summed E-state index contributed by atoms with van der Waals surface area (Å²) in [5.74, 6) is 3.99. The molecule has 0 saturated heterocycles. The van der Waals surface area contributed by atoms with Crippen molar-refractivity contribution in [2.24, 2.45) is 0 Å². The second-order valence-electron chi connectivity index (χ2n) is 6.99. The molecule has 0 bridgehead atoms. The van der Waals surface area contributed by atoms with E-state index >= 15 is 0 Å². The lowest BCUT2D eigenvalue weighted by Gasteiger charge is -2.16. The van der Waals surface area contributed by atoms with Gasteiger partial charge in [-0.05, 0) is 53.8 Å². The largest absolute Gasteiger partial charge is 0.490 e. The fourth-order valence-corrected chi connectivity index (χ4v) is 2.89. The molecule has 3 aromatic rings. The van der Waals surface area contributed by atoms with E-state index in [1.54, 1.807) is 6.07 Å². The average molecular weight is 455 g/mol. The Hall–Kier alpha value is -3.90. The van der Waals surface area contributed by atoms with E-state index in [9.17, 15) is 13.2 Å². The third-order valence-electron chi connectivity index (χ3n) is 4.54. The number of alkyl halides is 3. The van der Waals surface area contributed by atoms with Crippen molar-refractivity contribution in [3.63, 3.8) is 0 Å². The zero-order chi connectivity index (χ0) is 23.7. The Balaban J connectivity index is 0.000000383. The van der Waals surface area contributed by atoms with Crippen LogP contribution in [0.2, 0.25) is 0 Å². The Morgan fingerprint density at radius 3 is 2.45 bits per heavy atom. The summed E-state index contributed by atoms with van der Waals surface area (Å²) in [5.41, 5.74) is 5.49. The van der Waals surface area contributed by atoms with Crippen molar-refractivity contribution < 1.29 is 27.8 Å². The number of nitrogens with one attached hydrogen (secondary N) is 1. The van der Waals surface area contributed by atoms with Gasteiger partial charge in [-0.15, -0.1) is 10.2 Å². The van der Waals surface area contributed by atoms with Crippen LogP contribution in [0.1, 0.15) is 27.9 Å². The van der Waals surface area contributed by atoms with Gasteiger partial charge in [-0.3, -0.25) is 0 Å². The summed E-state index contributed by atoms with van der Waals surface area (Å²) in [7, 11) is 0. The molecule has 0 amide bonds. The molecule has 9 heteroatoms. The lowest BCUT2D eigenvalue weighted by molar-refractivity contribution is -0.192. The zero-order valence-electron chi connectivity index (χ0n) is 17.4. The summed E-state index contributed by atoms with van der Waals surface area (Å²) >= 11 is 0. The van der Waals surface area contributed by atoms with Crippen molar-refractivity contribution in [3.8, 4) is 17.7 Å². The number of carbonyl (C=O) groups is 1. The maximum Gasteiger partial charge on any atom is 0.490 e. The molecule has 0 unspecified atom stereocenters. The van der Waals surface area contributed by atoms with Gasteiger partial charge >= 0.3 is 12.1 Å². The molecule has 2 aromatic carbocycles. The minimum atomic E-state index is -5.08. The molecule has 0 fully saturated rings. The number of fused-ring (bicyclic) bond motifs is 1. The summed E-state index contributed by atoms with van der Waals surface area (Å²) < 4.78 is 37.4. The smallest absolute Gasteiger partial charge is 0.475 e. The minimum absolute atomic E-state index is 0.477. The highest BCUT2D eigenvalue weighted by molar-refractivity contribution is 5.73. The van der Waals surface area contributed by atoms with Gasteiger partial charge in [0.15, 0.2) is 0 Å². The maximum absolute atomic E-state index is 10.6. The van der Waals surface area contributed by atoms with Crippen molar-refractivity contribution in [1.82, 2.24) is 15.5 Å². The van der Waals surface area contributed by atoms with Crippen LogP contribution in [0, 0.1) is 11.8 Å². The third kappa shape index (κ3) is 7.63. The number of aliphatic carboxylic acids is 1. The molecule has 2 N–H and O–H groups in total. The number of aromatic nitrogens is 2. The van der Waals surface area contributed by atoms with Gasteiger partial charge in [0.1, 0.15) is 12.3 Å². The van der Waals surface area contributed by atoms with Gasteiger partial charge in [-0.2, -0.15) is 13.2 Å². The van der Waals surface area contributed by atoms with E-state index in [0.29, 0.717) is 18.2 Å². The zero-order valence-corrected chi connectivity index (χ0v) is 17.4. The summed E-state index contributed by atoms with van der Waals surface area (Å²) in [6.45, 7) is 2.45. The first-order valence-corrected chi connectivity index (χ1v) is 9.96. The van der Waals surface area contributed by atoms with E-state index < -0.39 is 12.1 Å². The topological polar surface area (TPSA) is 84.3 Å². The quantitative estimate of drug-likeness (QED) is 0.586. The highest BCUT2D eigenvalue weighted by Crippen LogP contribution is 2.16. The summed E-state index contributed by atoms with van der Waals surface area (Å²) in [6, 6.07) is 20.0. The minimum Gasteiger partial charge on any atom is -0.475 e. The fourth-order valence-electron chi connectivity index (χ4n) is 2.89. The molecule has 170 valence electrons. The van der Waals surface area contributed by atoms with Crippen LogP contribution in [-0.4, -0.2) is 34.0 Å². The number of ether oxygens (including phenoxy) is 1. The van der Waals surface area contributed by atoms with E-state index in [1.165, 1.54) is 11.1 Å². The Kier molecular flexibility index (Phi) is 8.00. The number of rotatable bonds is 3. The molecule has 0 saturated carbocycles. The summed E-state index contributed by atoms with van der Waals surface area (Å²) in [6.07, 6.45) is -4.03. The first-order valence-electron chi connectivity index (χ1n) is 9.96. The van der Waals surface area contributed by atoms with Crippen molar-refractivity contribution >= 4 is 5.97 Å². The molecule has 0 aliphatic carbocycles. The van der Waals surface area contributed by atoms with Crippen LogP contribution in [0.4, 0.5) is 13.2 Å². The second-order valence-corrected chi connectivity index (χ2v) is 6.99. The Labute approximate surface area is 188 Å². The molecule has 1 aliphatic heterocycles. The number of nitrogens with zero attached hydrogens (tertiary/aromatic N) is 2. The number of hydrogen-bond donors (Lipinski definition) is 2. The molecule has 1 aromatic heterocycles. The van der Waals surface area contributed by atoms with Gasteiger partial charge in [-0.25, -0.2) is 4.79 Å². The number of carboxylic acid groups (broad SMARTS) is 1. The van der Waals surface area contributed by atoms with Crippen LogP contribution in [0.15, 0.2) is 60.7 Å². The van der Waals surface area contributed by atoms with E-state index in [4.69, 9.17) is 14.6 Å². The molecule has 1 aliphatic rings. The first-order chi connectivity index (χ1) is 15.8. The number of halogens is 3. The van der Waals surface area contributed by atoms with Gasteiger partial charge in [0.05, 0.1) is 0 Å². The predicted octanol–water partition coefficient (Wildman–Crippen LogP) is 3.73. The molecular formula is C24H20F3N3O3. The van der Waals surface area contributed by atoms with E-state index in [2.05, 4.69) is 45.6 Å². The monoisotopic (exact) mass is 455 g/mol. The molecule has 0 atom stereocenters. The van der Waals surface area contributed by atoms with Gasteiger partial charge in [0.25, 0.3) is 0 Å². The predicted molar refractivity (Wildman–Crippen MR) is 114 cm³/mol. The van der Waals surface area contributed by atoms with E-state index in [1.807, 2.05) is 36.4 Å². The third-order valence-corrected chi connectivity index (χ3v) is 4.54. The SMILES string of the molecule is C(#Cc1ccc(OCc2ccccc2)nn1)c1ccc2c(c1)CCNC2.O=C(O)C(F)(F)F. The van der Waals surface area contributed by atoms with Crippen LogP contribution in [0.25, 0.3) is 0 Å². The van der Waals surface area contributed by atoms with Gasteiger partial charge in [0, 0.05) is 18.2 Å². The van der Waals surface area contributed by atoms with E-state index in [0.717, 1.165) is 30.6 Å². The molecule has 0 spiro atoms. The Morgan fingerprint density at radius 2 is 1.79 bits per heavy atom. The maximum atomic E-state index is 10.6. The molecule has 0 radical (unpaired) electrons. The average Bonchev–Trinajstić information content (AvgIpc) is 2.82. The lowest BCUT2D eigenvalue weighted by Crippen LogP contribution is -2.23. The number of hydrogen-bond acceptors (Lipinski definition) is 5. The van der Waals surface area contributed by atoms with Crippen molar-refractivity contribution in [3.05, 3.63) is 88.6 Å². The fraction of sp³-hybridized carbons (Fsp3) is 0.208.